The summed E-state index contributed by atoms with van der Waals surface area (Å²) in [5, 5.41) is 13.6. The topological polar surface area (TPSA) is 94.2 Å². The first-order chi connectivity index (χ1) is 14.5. The van der Waals surface area contributed by atoms with Gasteiger partial charge in [0.2, 0.25) is 5.96 Å². The quantitative estimate of drug-likeness (QED) is 0.224. The summed E-state index contributed by atoms with van der Waals surface area (Å²) in [6.45, 7) is 8.69. The molecule has 8 nitrogen and oxygen atoms in total. The number of aromatic nitrogens is 1. The zero-order chi connectivity index (χ0) is 21.5. The zero-order valence-corrected chi connectivity index (χ0v) is 17.6. The molecule has 0 aliphatic carbocycles. The van der Waals surface area contributed by atoms with E-state index >= 15 is 0 Å². The van der Waals surface area contributed by atoms with Gasteiger partial charge in [0.25, 0.3) is 5.91 Å². The van der Waals surface area contributed by atoms with Crippen molar-refractivity contribution in [2.45, 2.75) is 26.3 Å². The van der Waals surface area contributed by atoms with Crippen molar-refractivity contribution in [2.24, 2.45) is 23.0 Å². The highest BCUT2D eigenvalue weighted by Gasteiger charge is 2.21. The molecule has 8 heteroatoms. The van der Waals surface area contributed by atoms with E-state index < -0.39 is 5.91 Å². The van der Waals surface area contributed by atoms with E-state index in [0.29, 0.717) is 17.5 Å². The Kier molecular flexibility index (Phi) is 7.37. The van der Waals surface area contributed by atoms with E-state index in [-0.39, 0.29) is 0 Å². The monoisotopic (exact) mass is 410 g/mol. The number of guanidine groups is 1. The van der Waals surface area contributed by atoms with Crippen LogP contribution in [0.5, 0.6) is 0 Å². The van der Waals surface area contributed by atoms with Crippen molar-refractivity contribution < 1.29 is 10.0 Å². The van der Waals surface area contributed by atoms with E-state index in [2.05, 4.69) is 69.0 Å². The van der Waals surface area contributed by atoms with E-state index in [1.165, 1.54) is 22.7 Å². The first-order valence-electron chi connectivity index (χ1n) is 10.2. The lowest BCUT2D eigenvalue weighted by Gasteiger charge is -2.32. The van der Waals surface area contributed by atoms with Crippen LogP contribution in [0.15, 0.2) is 52.2 Å². The number of para-hydroxylation sites is 1. The largest absolute Gasteiger partial charge is 0.350 e. The van der Waals surface area contributed by atoms with Crippen molar-refractivity contribution in [1.29, 1.82) is 0 Å². The lowest BCUT2D eigenvalue weighted by atomic mass is 9.97. The Balaban J connectivity index is 1.49. The molecule has 3 N–H and O–H groups in total. The lowest BCUT2D eigenvalue weighted by Crippen LogP contribution is -2.40. The van der Waals surface area contributed by atoms with Gasteiger partial charge in [-0.3, -0.25) is 10.0 Å². The van der Waals surface area contributed by atoms with Gasteiger partial charge in [0.15, 0.2) is 0 Å². The van der Waals surface area contributed by atoms with Crippen LogP contribution in [0, 0.1) is 5.92 Å². The van der Waals surface area contributed by atoms with Crippen LogP contribution in [-0.4, -0.2) is 52.9 Å². The van der Waals surface area contributed by atoms with Crippen LogP contribution in [-0.2, 0) is 18.4 Å². The van der Waals surface area contributed by atoms with Gasteiger partial charge in [0.1, 0.15) is 0 Å². The first-order valence-corrected chi connectivity index (χ1v) is 10.2. The molecule has 0 saturated carbocycles. The minimum absolute atomic E-state index is 0.297. The van der Waals surface area contributed by atoms with Gasteiger partial charge in [-0.25, -0.2) is 15.5 Å². The summed E-state index contributed by atoms with van der Waals surface area (Å²) in [5.74, 6) is 0.514. The van der Waals surface area contributed by atoms with Crippen LogP contribution in [0.2, 0.25) is 0 Å². The van der Waals surface area contributed by atoms with Crippen molar-refractivity contribution in [2.75, 3.05) is 19.6 Å². The molecule has 1 aliphatic rings. The molecule has 2 heterocycles. The summed E-state index contributed by atoms with van der Waals surface area (Å²) in [6.07, 6.45) is 5.67. The van der Waals surface area contributed by atoms with Gasteiger partial charge in [0, 0.05) is 55.6 Å². The minimum atomic E-state index is -0.585. The maximum absolute atomic E-state index is 11.3. The third-order valence-electron chi connectivity index (χ3n) is 5.60. The number of amides is 1. The van der Waals surface area contributed by atoms with Crippen molar-refractivity contribution in [3.63, 3.8) is 0 Å². The van der Waals surface area contributed by atoms with E-state index in [4.69, 9.17) is 5.21 Å². The molecule has 1 fully saturated rings. The SMILES string of the molecule is C=N/C(=N\C=C(/C)C(=O)NO)N1CCC(CNCc2cn(C)c3ccccc23)CC1. The second kappa shape index (κ2) is 10.2. The molecule has 2 aromatic rings. The third kappa shape index (κ3) is 5.14. The van der Waals surface area contributed by atoms with E-state index in [1.54, 1.807) is 12.4 Å². The standard InChI is InChI=1S/C22H30N6O2/c1-16(21(29)26-30)12-25-22(23-2)28-10-8-17(9-11-28)13-24-14-18-15-27(3)20-7-5-4-6-19(18)20/h4-7,12,15,17,24,30H,2,8-11,13-14H2,1,3H3,(H,26,29)/b16-12+,25-22+. The van der Waals surface area contributed by atoms with Gasteiger partial charge in [0.05, 0.1) is 0 Å². The average Bonchev–Trinajstić information content (AvgIpc) is 3.10. The van der Waals surface area contributed by atoms with Crippen molar-refractivity contribution in [1.82, 2.24) is 20.3 Å². The van der Waals surface area contributed by atoms with Crippen LogP contribution in [0.3, 0.4) is 0 Å². The molecule has 0 atom stereocenters. The zero-order valence-electron chi connectivity index (χ0n) is 17.6. The molecule has 1 saturated heterocycles. The summed E-state index contributed by atoms with van der Waals surface area (Å²) in [4.78, 5) is 21.7. The lowest BCUT2D eigenvalue weighted by molar-refractivity contribution is -0.125. The highest BCUT2D eigenvalue weighted by atomic mass is 16.5. The van der Waals surface area contributed by atoms with Crippen LogP contribution in [0.1, 0.15) is 25.3 Å². The predicted molar refractivity (Wildman–Crippen MR) is 120 cm³/mol. The van der Waals surface area contributed by atoms with Gasteiger partial charge in [-0.1, -0.05) is 18.2 Å². The van der Waals surface area contributed by atoms with Crippen LogP contribution in [0.4, 0.5) is 0 Å². The number of nitrogens with zero attached hydrogens (tertiary/aromatic N) is 4. The number of piperidine rings is 1. The molecule has 1 aromatic carbocycles. The average molecular weight is 411 g/mol. The molecule has 1 aromatic heterocycles. The number of likely N-dealkylation sites (tertiary alicyclic amines) is 1. The first kappa shape index (κ1) is 21.7. The summed E-state index contributed by atoms with van der Waals surface area (Å²) < 4.78 is 2.17. The number of nitrogens with one attached hydrogen (secondary N) is 2. The summed E-state index contributed by atoms with van der Waals surface area (Å²) >= 11 is 0. The third-order valence-corrected chi connectivity index (χ3v) is 5.60. The number of rotatable bonds is 6. The van der Waals surface area contributed by atoms with Gasteiger partial charge in [-0.2, -0.15) is 0 Å². The predicted octanol–water partition coefficient (Wildman–Crippen LogP) is 2.45. The molecule has 30 heavy (non-hydrogen) atoms. The Morgan fingerprint density at radius 1 is 1.33 bits per heavy atom. The summed E-state index contributed by atoms with van der Waals surface area (Å²) in [7, 11) is 2.08. The molecule has 0 spiro atoms. The highest BCUT2D eigenvalue weighted by Crippen LogP contribution is 2.21. The van der Waals surface area contributed by atoms with Gasteiger partial charge < -0.3 is 14.8 Å². The van der Waals surface area contributed by atoms with Crippen LogP contribution >= 0.6 is 0 Å². The summed E-state index contributed by atoms with van der Waals surface area (Å²) in [6, 6.07) is 8.48. The number of aliphatic imine (C=N–C) groups is 2. The van der Waals surface area contributed by atoms with E-state index in [9.17, 15) is 4.79 Å². The summed E-state index contributed by atoms with van der Waals surface area (Å²) in [5.41, 5.74) is 4.47. The van der Waals surface area contributed by atoms with Gasteiger partial charge in [-0.15, -0.1) is 0 Å². The number of aryl methyl sites for hydroxylation is 1. The maximum atomic E-state index is 11.3. The van der Waals surface area contributed by atoms with Crippen molar-refractivity contribution >= 4 is 29.5 Å². The Hall–Kier alpha value is -2.97. The number of fused-ring (bicyclic) bond motifs is 1. The molecule has 3 rings (SSSR count). The maximum Gasteiger partial charge on any atom is 0.271 e. The van der Waals surface area contributed by atoms with E-state index in [1.807, 2.05) is 0 Å². The fourth-order valence-electron chi connectivity index (χ4n) is 3.84. The number of hydrogen-bond donors (Lipinski definition) is 3. The minimum Gasteiger partial charge on any atom is -0.350 e. The Morgan fingerprint density at radius 3 is 2.77 bits per heavy atom. The number of carbonyl (C=O) groups is 1. The van der Waals surface area contributed by atoms with Crippen molar-refractivity contribution in [3.8, 4) is 0 Å². The smallest absolute Gasteiger partial charge is 0.271 e. The Labute approximate surface area is 177 Å². The van der Waals surface area contributed by atoms with Gasteiger partial charge >= 0.3 is 0 Å². The normalized spacial score (nSPS) is 16.2. The van der Waals surface area contributed by atoms with Crippen molar-refractivity contribution in [3.05, 3.63) is 47.8 Å². The van der Waals surface area contributed by atoms with Crippen LogP contribution < -0.4 is 10.8 Å². The Bertz CT molecular complexity index is 954. The number of hydroxylamine groups is 1. The second-order valence-electron chi connectivity index (χ2n) is 7.68. The molecular weight excluding hydrogens is 380 g/mol. The number of benzene rings is 1. The molecular formula is C22H30N6O2. The number of hydrogen-bond acceptors (Lipinski definition) is 4. The van der Waals surface area contributed by atoms with Gasteiger partial charge in [-0.05, 0) is 50.6 Å². The highest BCUT2D eigenvalue weighted by molar-refractivity contribution is 5.92. The van der Waals surface area contributed by atoms with E-state index in [0.717, 1.165) is 39.0 Å². The molecule has 0 radical (unpaired) electrons. The fourth-order valence-corrected chi connectivity index (χ4v) is 3.84. The molecule has 0 bridgehead atoms. The number of carbonyl (C=O) groups excluding carboxylic acids is 1. The molecule has 1 amide bonds. The molecule has 160 valence electrons. The molecule has 0 unspecified atom stereocenters. The molecule has 1 aliphatic heterocycles. The Morgan fingerprint density at radius 2 is 2.07 bits per heavy atom. The second-order valence-corrected chi connectivity index (χ2v) is 7.68. The van der Waals surface area contributed by atoms with Crippen LogP contribution in [0.25, 0.3) is 10.9 Å². The fraction of sp³-hybridized carbons (Fsp3) is 0.409.